The lowest BCUT2D eigenvalue weighted by Crippen LogP contribution is -1.70. The van der Waals surface area contributed by atoms with Crippen LogP contribution in [0.3, 0.4) is 0 Å². The summed E-state index contributed by atoms with van der Waals surface area (Å²) in [7, 11) is 0. The second kappa shape index (κ2) is 1.99. The van der Waals surface area contributed by atoms with E-state index >= 15 is 0 Å². The average Bonchev–Trinajstić information content (AvgIpc) is 2.01. The summed E-state index contributed by atoms with van der Waals surface area (Å²) in [5, 5.41) is 0. The number of benzene rings is 1. The van der Waals surface area contributed by atoms with E-state index in [-0.39, 0.29) is 19.0 Å². The molecular weight excluding hydrogens is 96.1 g/mol. The number of hydrogen-bond acceptors (Lipinski definition) is 0. The third kappa shape index (κ3) is 1.09. The maximum absolute atomic E-state index is 7.43. The summed E-state index contributed by atoms with van der Waals surface area (Å²) in [6.07, 6.45) is 0. The first-order chi connectivity index (χ1) is 5.16. The van der Waals surface area contributed by atoms with E-state index in [4.69, 9.17) is 4.11 Å². The van der Waals surface area contributed by atoms with E-state index in [0.29, 0.717) is 5.56 Å². The van der Waals surface area contributed by atoms with Gasteiger partial charge in [0.1, 0.15) is 0 Å². The Balaban J connectivity index is 3.25. The highest BCUT2D eigenvalue weighted by molar-refractivity contribution is 5.19. The molecule has 0 amide bonds. The molecule has 0 spiro atoms. The second-order valence-electron chi connectivity index (χ2n) is 1.79. The first-order valence-electron chi connectivity index (χ1n) is 4.22. The van der Waals surface area contributed by atoms with Crippen molar-refractivity contribution in [2.45, 2.75) is 13.8 Å². The van der Waals surface area contributed by atoms with Gasteiger partial charge in [-0.15, -0.1) is 0 Å². The van der Waals surface area contributed by atoms with Crippen molar-refractivity contribution in [3.8, 4) is 0 Å². The van der Waals surface area contributed by atoms with E-state index in [1.54, 1.807) is 19.1 Å². The van der Waals surface area contributed by atoms with E-state index in [9.17, 15) is 0 Å². The summed E-state index contributed by atoms with van der Waals surface area (Å²) in [5.74, 6) is 0. The Hall–Kier alpha value is -0.780. The maximum atomic E-state index is 7.43. The minimum absolute atomic E-state index is 0.0883. The zero-order valence-electron chi connectivity index (χ0n) is 7.86. The van der Waals surface area contributed by atoms with E-state index in [1.807, 2.05) is 0 Å². The predicted octanol–water partition coefficient (Wildman–Crippen LogP) is 2.30. The highest BCUT2D eigenvalue weighted by Gasteiger charge is 1.79. The molecule has 1 rings (SSSR count). The fourth-order valence-corrected chi connectivity index (χ4v) is 0.488. The van der Waals surface area contributed by atoms with Crippen molar-refractivity contribution in [1.82, 2.24) is 0 Å². The minimum atomic E-state index is 0.0883. The first-order valence-corrected chi connectivity index (χ1v) is 2.51. The van der Waals surface area contributed by atoms with Gasteiger partial charge in [-0.05, 0) is 13.8 Å². The van der Waals surface area contributed by atoms with Crippen LogP contribution in [0.4, 0.5) is 0 Å². The van der Waals surface area contributed by atoms with Crippen LogP contribution in [-0.2, 0) is 0 Å². The molecule has 0 bridgehead atoms. The molecule has 0 radical (unpaired) electrons. The smallest absolute Gasteiger partial charge is 0.0591 e. The lowest BCUT2D eigenvalue weighted by Gasteiger charge is -1.90. The normalized spacial score (nSPS) is 14.4. The monoisotopic (exact) mass is 109 g/mol. The Labute approximate surface area is 54.4 Å². The summed E-state index contributed by atoms with van der Waals surface area (Å²) in [5.41, 5.74) is 1.42. The molecule has 8 heavy (non-hydrogen) atoms. The van der Waals surface area contributed by atoms with Gasteiger partial charge in [-0.1, -0.05) is 35.3 Å². The average molecular weight is 109 g/mol. The summed E-state index contributed by atoms with van der Waals surface area (Å²) in [6.45, 7) is 1.89. The predicted molar refractivity (Wildman–Crippen MR) is 35.9 cm³/mol. The Bertz CT molecular complexity index is 268. The van der Waals surface area contributed by atoms with E-state index in [2.05, 4.69) is 0 Å². The summed E-state index contributed by atoms with van der Waals surface area (Å²) >= 11 is 0. The van der Waals surface area contributed by atoms with Gasteiger partial charge in [-0.3, -0.25) is 0 Å². The quantitative estimate of drug-likeness (QED) is 0.479. The Morgan fingerprint density at radius 3 is 2.75 bits per heavy atom. The second-order valence-corrected chi connectivity index (χ2v) is 1.79. The minimum Gasteiger partial charge on any atom is -0.0591 e. The molecular formula is C8H10. The largest absolute Gasteiger partial charge is 0.0626 e. The molecule has 42 valence electrons. The first kappa shape index (κ1) is 2.67. The highest BCUT2D eigenvalue weighted by Crippen LogP contribution is 1.99. The molecule has 0 fully saturated rings. The topological polar surface area (TPSA) is 0 Å². The summed E-state index contributed by atoms with van der Waals surface area (Å²) in [4.78, 5) is 0. The molecule has 0 saturated carbocycles. The highest BCUT2D eigenvalue weighted by atomic mass is 13.9. The molecule has 0 N–H and O–H groups in total. The Kier molecular flexibility index (Phi) is 0.666. The van der Waals surface area contributed by atoms with Crippen molar-refractivity contribution in [2.24, 2.45) is 0 Å². The van der Waals surface area contributed by atoms with Gasteiger partial charge in [-0.2, -0.15) is 0 Å². The lowest BCUT2D eigenvalue weighted by molar-refractivity contribution is 1.40. The van der Waals surface area contributed by atoms with Crippen LogP contribution in [0.1, 0.15) is 15.2 Å². The van der Waals surface area contributed by atoms with Crippen LogP contribution < -0.4 is 0 Å². The zero-order chi connectivity index (χ0) is 8.43. The number of hydrogen-bond donors (Lipinski definition) is 0. The van der Waals surface area contributed by atoms with Crippen LogP contribution in [0.15, 0.2) is 24.2 Å². The van der Waals surface area contributed by atoms with Crippen LogP contribution in [0.2, 0.25) is 0 Å². The van der Waals surface area contributed by atoms with Gasteiger partial charge in [0.2, 0.25) is 0 Å². The summed E-state index contributed by atoms with van der Waals surface area (Å²) in [6, 6.07) is 3.96. The molecule has 1 aromatic carbocycles. The molecule has 0 aliphatic carbocycles. The molecule has 0 nitrogen and oxygen atoms in total. The molecule has 0 aliphatic rings. The van der Waals surface area contributed by atoms with Gasteiger partial charge in [0.15, 0.2) is 0 Å². The maximum Gasteiger partial charge on any atom is 0.0626 e. The Morgan fingerprint density at radius 1 is 1.38 bits per heavy atom. The van der Waals surface area contributed by atoms with Crippen LogP contribution in [0.5, 0.6) is 0 Å². The molecule has 0 unspecified atom stereocenters. The van der Waals surface area contributed by atoms with Crippen molar-refractivity contribution in [3.63, 3.8) is 0 Å². The van der Waals surface area contributed by atoms with E-state index < -0.39 is 0 Å². The van der Waals surface area contributed by atoms with Crippen molar-refractivity contribution in [2.75, 3.05) is 0 Å². The van der Waals surface area contributed by atoms with Crippen molar-refractivity contribution < 1.29 is 4.11 Å². The van der Waals surface area contributed by atoms with Gasteiger partial charge in [0, 0.05) is 1.37 Å². The standard InChI is InChI=1S/C8H10/c1-7-3-5-8(2)6-4-7/h3-6H,1-2H3/i1D,3D,5D. The SMILES string of the molecule is [2H]Cc1ccc(C)c([2H])c1[2H]. The van der Waals surface area contributed by atoms with Crippen LogP contribution >= 0.6 is 0 Å². The lowest BCUT2D eigenvalue weighted by atomic mass is 10.2. The molecule has 0 saturated heterocycles. The van der Waals surface area contributed by atoms with Crippen molar-refractivity contribution in [3.05, 3.63) is 35.3 Å². The number of aryl methyl sites for hydroxylation is 2. The van der Waals surface area contributed by atoms with Crippen LogP contribution in [-0.4, -0.2) is 0 Å². The number of rotatable bonds is 0. The zero-order valence-corrected chi connectivity index (χ0v) is 4.86. The van der Waals surface area contributed by atoms with E-state index in [1.165, 1.54) is 0 Å². The van der Waals surface area contributed by atoms with Crippen molar-refractivity contribution in [1.29, 1.82) is 0 Å². The third-order valence-electron chi connectivity index (χ3n) is 0.955. The van der Waals surface area contributed by atoms with Gasteiger partial charge >= 0.3 is 0 Å². The van der Waals surface area contributed by atoms with Gasteiger partial charge in [0.05, 0.1) is 2.74 Å². The fraction of sp³-hybridized carbons (Fsp3) is 0.250. The van der Waals surface area contributed by atoms with Crippen molar-refractivity contribution >= 4 is 0 Å². The molecule has 0 aliphatic heterocycles. The Morgan fingerprint density at radius 2 is 2.00 bits per heavy atom. The molecule has 0 atom stereocenters. The molecule has 0 heteroatoms. The van der Waals surface area contributed by atoms with E-state index in [0.717, 1.165) is 5.56 Å². The van der Waals surface area contributed by atoms with Gasteiger partial charge < -0.3 is 0 Å². The van der Waals surface area contributed by atoms with Gasteiger partial charge in [0.25, 0.3) is 0 Å². The van der Waals surface area contributed by atoms with Crippen LogP contribution in [0.25, 0.3) is 0 Å². The van der Waals surface area contributed by atoms with Crippen LogP contribution in [0, 0.1) is 13.8 Å². The van der Waals surface area contributed by atoms with Gasteiger partial charge in [-0.25, -0.2) is 0 Å². The molecule has 0 aromatic heterocycles. The molecule has 1 aromatic rings. The third-order valence-corrected chi connectivity index (χ3v) is 0.955. The fourth-order valence-electron chi connectivity index (χ4n) is 0.488. The summed E-state index contributed by atoms with van der Waals surface area (Å²) < 4.78 is 21.9. The molecule has 0 heterocycles.